The highest BCUT2D eigenvalue weighted by Gasteiger charge is 2.26. The van der Waals surface area contributed by atoms with Gasteiger partial charge in [-0.15, -0.1) is 0 Å². The van der Waals surface area contributed by atoms with Crippen molar-refractivity contribution in [2.75, 3.05) is 6.54 Å². The molecule has 5 nitrogen and oxygen atoms in total. The van der Waals surface area contributed by atoms with Gasteiger partial charge in [-0.2, -0.15) is 0 Å². The molecule has 1 atom stereocenters. The molecule has 5 heteroatoms. The molecule has 3 N–H and O–H groups in total. The molecule has 0 aliphatic rings. The number of carbonyl (C=O) groups excluding carboxylic acids is 1. The van der Waals surface area contributed by atoms with Gasteiger partial charge >= 0.3 is 0 Å². The van der Waals surface area contributed by atoms with Crippen molar-refractivity contribution in [3.05, 3.63) is 48.2 Å². The lowest BCUT2D eigenvalue weighted by molar-refractivity contribution is 0.0329. The number of rotatable bonds is 4. The summed E-state index contributed by atoms with van der Waals surface area (Å²) in [6.45, 7) is 1.67. The summed E-state index contributed by atoms with van der Waals surface area (Å²) in [5, 5.41) is 12.7. The fourth-order valence-corrected chi connectivity index (χ4v) is 1.49. The van der Waals surface area contributed by atoms with Gasteiger partial charge in [0.15, 0.2) is 0 Å². The van der Waals surface area contributed by atoms with Crippen LogP contribution in [0.5, 0.6) is 0 Å². The standard InChI is InChI=1S/C12H14N2O3/c1-12(16,10-5-3-7-17-10)8-14-11(15)9-4-2-6-13-9/h2-7,13,16H,8H2,1H3,(H,14,15). The zero-order chi connectivity index (χ0) is 12.3. The minimum absolute atomic E-state index is 0.0817. The third-order valence-corrected chi connectivity index (χ3v) is 2.49. The van der Waals surface area contributed by atoms with E-state index in [0.717, 1.165) is 0 Å². The molecule has 0 aromatic carbocycles. The smallest absolute Gasteiger partial charge is 0.267 e. The Morgan fingerprint density at radius 2 is 2.35 bits per heavy atom. The number of hydrogen-bond donors (Lipinski definition) is 3. The molecule has 0 aliphatic heterocycles. The fourth-order valence-electron chi connectivity index (χ4n) is 1.49. The van der Waals surface area contributed by atoms with Crippen LogP contribution in [-0.2, 0) is 5.60 Å². The monoisotopic (exact) mass is 234 g/mol. The van der Waals surface area contributed by atoms with Crippen LogP contribution >= 0.6 is 0 Å². The van der Waals surface area contributed by atoms with Gasteiger partial charge < -0.3 is 19.8 Å². The second kappa shape index (κ2) is 4.47. The highest BCUT2D eigenvalue weighted by atomic mass is 16.4. The normalized spacial score (nSPS) is 14.2. The Morgan fingerprint density at radius 3 is 2.94 bits per heavy atom. The van der Waals surface area contributed by atoms with Crippen LogP contribution < -0.4 is 5.32 Å². The number of aromatic nitrogens is 1. The number of hydrogen-bond acceptors (Lipinski definition) is 3. The van der Waals surface area contributed by atoms with Crippen LogP contribution in [0.4, 0.5) is 0 Å². The van der Waals surface area contributed by atoms with Crippen LogP contribution in [0.3, 0.4) is 0 Å². The molecule has 0 fully saturated rings. The van der Waals surface area contributed by atoms with Crippen molar-refractivity contribution in [2.45, 2.75) is 12.5 Å². The Hall–Kier alpha value is -2.01. The minimum atomic E-state index is -1.22. The molecular weight excluding hydrogens is 220 g/mol. The third kappa shape index (κ3) is 2.57. The number of nitrogens with one attached hydrogen (secondary N) is 2. The summed E-state index contributed by atoms with van der Waals surface area (Å²) >= 11 is 0. The maximum absolute atomic E-state index is 11.6. The van der Waals surface area contributed by atoms with E-state index in [2.05, 4.69) is 10.3 Å². The van der Waals surface area contributed by atoms with Gasteiger partial charge in [0.25, 0.3) is 5.91 Å². The zero-order valence-corrected chi connectivity index (χ0v) is 9.43. The summed E-state index contributed by atoms with van der Waals surface area (Å²) < 4.78 is 5.11. The Morgan fingerprint density at radius 1 is 1.53 bits per heavy atom. The second-order valence-electron chi connectivity index (χ2n) is 4.02. The molecular formula is C12H14N2O3. The van der Waals surface area contributed by atoms with Crippen molar-refractivity contribution in [2.24, 2.45) is 0 Å². The third-order valence-electron chi connectivity index (χ3n) is 2.49. The van der Waals surface area contributed by atoms with Crippen LogP contribution in [0.25, 0.3) is 0 Å². The lowest BCUT2D eigenvalue weighted by atomic mass is 10.0. The van der Waals surface area contributed by atoms with E-state index in [0.29, 0.717) is 11.5 Å². The van der Waals surface area contributed by atoms with Crippen LogP contribution in [0.2, 0.25) is 0 Å². The molecule has 17 heavy (non-hydrogen) atoms. The first-order valence-electron chi connectivity index (χ1n) is 5.27. The number of carbonyl (C=O) groups is 1. The van der Waals surface area contributed by atoms with Crippen LogP contribution in [0, 0.1) is 0 Å². The molecule has 2 aromatic rings. The van der Waals surface area contributed by atoms with E-state index in [-0.39, 0.29) is 12.5 Å². The second-order valence-corrected chi connectivity index (χ2v) is 4.02. The van der Waals surface area contributed by atoms with E-state index < -0.39 is 5.60 Å². The quantitative estimate of drug-likeness (QED) is 0.744. The van der Waals surface area contributed by atoms with Gasteiger partial charge in [-0.25, -0.2) is 0 Å². The number of aromatic amines is 1. The SMILES string of the molecule is CC(O)(CNC(=O)c1ccc[nH]1)c1ccco1. The van der Waals surface area contributed by atoms with E-state index in [1.165, 1.54) is 6.26 Å². The van der Waals surface area contributed by atoms with Crippen molar-refractivity contribution < 1.29 is 14.3 Å². The molecule has 90 valence electrons. The summed E-state index contributed by atoms with van der Waals surface area (Å²) in [5.41, 5.74) is -0.758. The molecule has 0 saturated heterocycles. The summed E-state index contributed by atoms with van der Waals surface area (Å²) in [4.78, 5) is 14.4. The first-order valence-corrected chi connectivity index (χ1v) is 5.27. The summed E-state index contributed by atoms with van der Waals surface area (Å²) in [5.74, 6) is 0.158. The Balaban J connectivity index is 1.96. The molecule has 0 bridgehead atoms. The number of furan rings is 1. The van der Waals surface area contributed by atoms with Gasteiger partial charge in [-0.3, -0.25) is 4.79 Å². The first kappa shape index (κ1) is 11.5. The predicted molar refractivity (Wildman–Crippen MR) is 61.4 cm³/mol. The Bertz CT molecular complexity index is 472. The zero-order valence-electron chi connectivity index (χ0n) is 9.43. The van der Waals surface area contributed by atoms with E-state index in [1.54, 1.807) is 37.4 Å². The molecule has 2 rings (SSSR count). The highest BCUT2D eigenvalue weighted by molar-refractivity contribution is 5.92. The lowest BCUT2D eigenvalue weighted by Gasteiger charge is -2.20. The Kier molecular flexibility index (Phi) is 3.01. The van der Waals surface area contributed by atoms with Crippen molar-refractivity contribution in [3.8, 4) is 0 Å². The van der Waals surface area contributed by atoms with Gasteiger partial charge in [0.05, 0.1) is 12.8 Å². The van der Waals surface area contributed by atoms with Crippen LogP contribution in [0.15, 0.2) is 41.1 Å². The topological polar surface area (TPSA) is 78.3 Å². The maximum atomic E-state index is 11.6. The molecule has 0 radical (unpaired) electrons. The van der Waals surface area contributed by atoms with E-state index in [9.17, 15) is 9.90 Å². The molecule has 0 aliphatic carbocycles. The first-order chi connectivity index (χ1) is 8.09. The number of aliphatic hydroxyl groups is 1. The number of amides is 1. The maximum Gasteiger partial charge on any atom is 0.267 e. The van der Waals surface area contributed by atoms with Gasteiger partial charge in [0, 0.05) is 6.20 Å². The van der Waals surface area contributed by atoms with Gasteiger partial charge in [0.1, 0.15) is 17.1 Å². The molecule has 2 heterocycles. The molecule has 1 unspecified atom stereocenters. The predicted octanol–water partition coefficient (Wildman–Crippen LogP) is 1.25. The fraction of sp³-hybridized carbons (Fsp3) is 0.250. The number of H-pyrrole nitrogens is 1. The summed E-state index contributed by atoms with van der Waals surface area (Å²) in [6.07, 6.45) is 3.15. The van der Waals surface area contributed by atoms with Crippen molar-refractivity contribution >= 4 is 5.91 Å². The van der Waals surface area contributed by atoms with E-state index >= 15 is 0 Å². The minimum Gasteiger partial charge on any atom is -0.466 e. The lowest BCUT2D eigenvalue weighted by Crippen LogP contribution is -2.38. The molecule has 2 aromatic heterocycles. The summed E-state index contributed by atoms with van der Waals surface area (Å²) in [6, 6.07) is 6.76. The summed E-state index contributed by atoms with van der Waals surface area (Å²) in [7, 11) is 0. The van der Waals surface area contributed by atoms with Gasteiger partial charge in [-0.1, -0.05) is 0 Å². The largest absolute Gasteiger partial charge is 0.466 e. The van der Waals surface area contributed by atoms with Crippen molar-refractivity contribution in [1.82, 2.24) is 10.3 Å². The molecule has 1 amide bonds. The molecule has 0 saturated carbocycles. The van der Waals surface area contributed by atoms with Gasteiger partial charge in [-0.05, 0) is 31.2 Å². The van der Waals surface area contributed by atoms with E-state index in [4.69, 9.17) is 4.42 Å². The van der Waals surface area contributed by atoms with Crippen molar-refractivity contribution in [1.29, 1.82) is 0 Å². The van der Waals surface area contributed by atoms with Crippen LogP contribution in [-0.4, -0.2) is 22.5 Å². The Labute approximate surface area is 98.5 Å². The van der Waals surface area contributed by atoms with Gasteiger partial charge in [0.2, 0.25) is 0 Å². The average Bonchev–Trinajstić information content (AvgIpc) is 2.97. The van der Waals surface area contributed by atoms with Crippen molar-refractivity contribution in [3.63, 3.8) is 0 Å². The average molecular weight is 234 g/mol. The molecule has 0 spiro atoms. The highest BCUT2D eigenvalue weighted by Crippen LogP contribution is 2.19. The van der Waals surface area contributed by atoms with E-state index in [1.807, 2.05) is 0 Å². The van der Waals surface area contributed by atoms with Crippen LogP contribution in [0.1, 0.15) is 23.2 Å².